The zero-order chi connectivity index (χ0) is 11.6. The normalized spacial score (nSPS) is 26.4. The molecule has 0 aromatic heterocycles. The molecule has 0 bridgehead atoms. The number of likely N-dealkylation sites (tertiary alicyclic amines) is 1. The van der Waals surface area contributed by atoms with Crippen molar-refractivity contribution in [2.75, 3.05) is 19.6 Å². The second-order valence-corrected chi connectivity index (χ2v) is 6.61. The molecule has 0 aromatic rings. The van der Waals surface area contributed by atoms with Gasteiger partial charge in [-0.25, -0.2) is 0 Å². The van der Waals surface area contributed by atoms with Gasteiger partial charge in [0.25, 0.3) is 0 Å². The van der Waals surface area contributed by atoms with Crippen LogP contribution in [0.4, 0.5) is 0 Å². The molecule has 2 rings (SSSR count). The van der Waals surface area contributed by atoms with Crippen LogP contribution < -0.4 is 0 Å². The lowest BCUT2D eigenvalue weighted by molar-refractivity contribution is 0.0428. The van der Waals surface area contributed by atoms with Crippen LogP contribution in [0.2, 0.25) is 0 Å². The molecule has 0 aromatic carbocycles. The molecule has 0 atom stereocenters. The number of hydrogen-bond acceptors (Lipinski definition) is 2. The van der Waals surface area contributed by atoms with Crippen LogP contribution in [-0.4, -0.2) is 35.2 Å². The predicted molar refractivity (Wildman–Crippen MR) is 67.5 cm³/mol. The van der Waals surface area contributed by atoms with Crippen LogP contribution in [0.1, 0.15) is 58.8 Å². The lowest BCUT2D eigenvalue weighted by atomic mass is 9.77. The van der Waals surface area contributed by atoms with E-state index in [2.05, 4.69) is 4.90 Å². The molecule has 0 unspecified atom stereocenters. The summed E-state index contributed by atoms with van der Waals surface area (Å²) in [5.74, 6) is 0. The van der Waals surface area contributed by atoms with Gasteiger partial charge in [0.2, 0.25) is 0 Å². The van der Waals surface area contributed by atoms with Gasteiger partial charge in [-0.15, -0.1) is 0 Å². The molecule has 2 fully saturated rings. The highest BCUT2D eigenvalue weighted by Gasteiger charge is 2.36. The summed E-state index contributed by atoms with van der Waals surface area (Å²) in [5, 5.41) is 9.73. The first-order valence-electron chi connectivity index (χ1n) is 6.94. The molecule has 0 amide bonds. The van der Waals surface area contributed by atoms with Gasteiger partial charge in [-0.2, -0.15) is 0 Å². The second kappa shape index (κ2) is 4.66. The van der Waals surface area contributed by atoms with Crippen LogP contribution in [0.15, 0.2) is 0 Å². The van der Waals surface area contributed by atoms with Gasteiger partial charge in [0.1, 0.15) is 0 Å². The fraction of sp³-hybridized carbons (Fsp3) is 1.00. The molecule has 1 aliphatic heterocycles. The number of rotatable bonds is 3. The lowest BCUT2D eigenvalue weighted by Gasteiger charge is -2.40. The van der Waals surface area contributed by atoms with Crippen LogP contribution in [0.25, 0.3) is 0 Å². The largest absolute Gasteiger partial charge is 0.390 e. The predicted octanol–water partition coefficient (Wildman–Crippen LogP) is 2.80. The van der Waals surface area contributed by atoms with E-state index in [1.165, 1.54) is 51.6 Å². The van der Waals surface area contributed by atoms with E-state index < -0.39 is 5.60 Å². The van der Waals surface area contributed by atoms with Gasteiger partial charge >= 0.3 is 0 Å². The van der Waals surface area contributed by atoms with Gasteiger partial charge in [0, 0.05) is 6.54 Å². The number of hydrogen-bond donors (Lipinski definition) is 1. The van der Waals surface area contributed by atoms with Crippen LogP contribution in [0.5, 0.6) is 0 Å². The van der Waals surface area contributed by atoms with Gasteiger partial charge in [-0.1, -0.05) is 12.8 Å². The molecule has 2 aliphatic rings. The average Bonchev–Trinajstić information content (AvgIpc) is 2.65. The van der Waals surface area contributed by atoms with E-state index in [0.29, 0.717) is 0 Å². The fourth-order valence-corrected chi connectivity index (χ4v) is 3.31. The lowest BCUT2D eigenvalue weighted by Crippen LogP contribution is -2.40. The quantitative estimate of drug-likeness (QED) is 0.798. The van der Waals surface area contributed by atoms with Gasteiger partial charge < -0.3 is 10.0 Å². The summed E-state index contributed by atoms with van der Waals surface area (Å²) in [6, 6.07) is 0. The maximum Gasteiger partial charge on any atom is 0.0603 e. The summed E-state index contributed by atoms with van der Waals surface area (Å²) in [4.78, 5) is 2.54. The highest BCUT2D eigenvalue weighted by atomic mass is 16.3. The molecule has 1 spiro atoms. The van der Waals surface area contributed by atoms with E-state index in [4.69, 9.17) is 0 Å². The van der Waals surface area contributed by atoms with Crippen molar-refractivity contribution >= 4 is 0 Å². The molecular weight excluding hydrogens is 198 g/mol. The molecule has 2 heteroatoms. The Morgan fingerprint density at radius 2 is 1.62 bits per heavy atom. The van der Waals surface area contributed by atoms with Crippen molar-refractivity contribution < 1.29 is 5.11 Å². The minimum absolute atomic E-state index is 0.498. The standard InChI is InChI=1S/C14H27NO/c1-13(2,16)7-10-15-11-8-14(9-12-15)5-3-4-6-14/h16H,3-12H2,1-2H3. The monoisotopic (exact) mass is 225 g/mol. The molecule has 1 N–H and O–H groups in total. The first-order chi connectivity index (χ1) is 7.49. The first-order valence-corrected chi connectivity index (χ1v) is 6.94. The molecule has 1 aliphatic carbocycles. The Morgan fingerprint density at radius 1 is 1.06 bits per heavy atom. The minimum Gasteiger partial charge on any atom is -0.390 e. The van der Waals surface area contributed by atoms with Gasteiger partial charge in [-0.3, -0.25) is 0 Å². The van der Waals surface area contributed by atoms with Crippen molar-refractivity contribution in [3.63, 3.8) is 0 Å². The van der Waals surface area contributed by atoms with E-state index in [1.54, 1.807) is 0 Å². The number of piperidine rings is 1. The number of nitrogens with zero attached hydrogens (tertiary/aromatic N) is 1. The highest BCUT2D eigenvalue weighted by molar-refractivity contribution is 4.89. The Hall–Kier alpha value is -0.0800. The van der Waals surface area contributed by atoms with E-state index in [0.717, 1.165) is 18.4 Å². The molecule has 2 nitrogen and oxygen atoms in total. The molecule has 94 valence electrons. The average molecular weight is 225 g/mol. The molecule has 0 radical (unpaired) electrons. The SMILES string of the molecule is CC(C)(O)CCN1CCC2(CCCC2)CC1. The van der Waals surface area contributed by atoms with Crippen molar-refractivity contribution in [3.05, 3.63) is 0 Å². The summed E-state index contributed by atoms with van der Waals surface area (Å²) in [7, 11) is 0. The minimum atomic E-state index is -0.498. The highest BCUT2D eigenvalue weighted by Crippen LogP contribution is 2.46. The molecular formula is C14H27NO. The molecule has 1 saturated carbocycles. The van der Waals surface area contributed by atoms with Crippen molar-refractivity contribution in [1.82, 2.24) is 4.90 Å². The van der Waals surface area contributed by atoms with E-state index in [1.807, 2.05) is 13.8 Å². The Bertz CT molecular complexity index is 215. The van der Waals surface area contributed by atoms with E-state index in [9.17, 15) is 5.11 Å². The third kappa shape index (κ3) is 3.21. The van der Waals surface area contributed by atoms with Gasteiger partial charge in [0.05, 0.1) is 5.60 Å². The van der Waals surface area contributed by atoms with Gasteiger partial charge in [0.15, 0.2) is 0 Å². The van der Waals surface area contributed by atoms with Crippen molar-refractivity contribution in [2.24, 2.45) is 5.41 Å². The summed E-state index contributed by atoms with van der Waals surface area (Å²) >= 11 is 0. The van der Waals surface area contributed by atoms with Crippen molar-refractivity contribution in [2.45, 2.75) is 64.4 Å². The first kappa shape index (κ1) is 12.4. The summed E-state index contributed by atoms with van der Waals surface area (Å²) in [5.41, 5.74) is 0.230. The number of aliphatic hydroxyl groups is 1. The molecule has 16 heavy (non-hydrogen) atoms. The van der Waals surface area contributed by atoms with Gasteiger partial charge in [-0.05, 0) is 64.5 Å². The zero-order valence-electron chi connectivity index (χ0n) is 11.0. The summed E-state index contributed by atoms with van der Waals surface area (Å²) in [6.07, 6.45) is 9.59. The summed E-state index contributed by atoms with van der Waals surface area (Å²) < 4.78 is 0. The Morgan fingerprint density at radius 3 is 2.12 bits per heavy atom. The molecule has 1 heterocycles. The maximum absolute atomic E-state index is 9.73. The maximum atomic E-state index is 9.73. The fourth-order valence-electron chi connectivity index (χ4n) is 3.31. The van der Waals surface area contributed by atoms with E-state index >= 15 is 0 Å². The van der Waals surface area contributed by atoms with Crippen LogP contribution in [0.3, 0.4) is 0 Å². The Balaban J connectivity index is 1.73. The third-order valence-corrected chi connectivity index (χ3v) is 4.62. The van der Waals surface area contributed by atoms with Crippen LogP contribution >= 0.6 is 0 Å². The smallest absolute Gasteiger partial charge is 0.0603 e. The summed E-state index contributed by atoms with van der Waals surface area (Å²) in [6.45, 7) is 7.41. The van der Waals surface area contributed by atoms with Crippen molar-refractivity contribution in [1.29, 1.82) is 0 Å². The zero-order valence-corrected chi connectivity index (χ0v) is 11.0. The van der Waals surface area contributed by atoms with E-state index in [-0.39, 0.29) is 0 Å². The Kier molecular flexibility index (Phi) is 3.60. The topological polar surface area (TPSA) is 23.5 Å². The van der Waals surface area contributed by atoms with Crippen molar-refractivity contribution in [3.8, 4) is 0 Å². The van der Waals surface area contributed by atoms with Crippen LogP contribution in [-0.2, 0) is 0 Å². The molecule has 1 saturated heterocycles. The Labute approximate surface area is 100 Å². The second-order valence-electron chi connectivity index (χ2n) is 6.61. The van der Waals surface area contributed by atoms with Crippen LogP contribution in [0, 0.1) is 5.41 Å². The third-order valence-electron chi connectivity index (χ3n) is 4.62.